The summed E-state index contributed by atoms with van der Waals surface area (Å²) in [5.41, 5.74) is -0.0347. The van der Waals surface area contributed by atoms with Gasteiger partial charge in [0.05, 0.1) is 10.3 Å². The zero-order valence-corrected chi connectivity index (χ0v) is 10.2. The Morgan fingerprint density at radius 3 is 2.82 bits per heavy atom. The third-order valence-corrected chi connectivity index (χ3v) is 3.20. The summed E-state index contributed by atoms with van der Waals surface area (Å²) in [6, 6.07) is 0. The Balaban J connectivity index is 2.81. The predicted molar refractivity (Wildman–Crippen MR) is 65.9 cm³/mol. The summed E-state index contributed by atoms with van der Waals surface area (Å²) in [7, 11) is 0. The number of nitrogens with one attached hydrogen (secondary N) is 1. The molecule has 17 heavy (non-hydrogen) atoms. The van der Waals surface area contributed by atoms with Gasteiger partial charge in [-0.2, -0.15) is 0 Å². The summed E-state index contributed by atoms with van der Waals surface area (Å²) in [5.74, 6) is -1.14. The van der Waals surface area contributed by atoms with Crippen molar-refractivity contribution < 1.29 is 14.8 Å². The number of carboxylic acids is 1. The van der Waals surface area contributed by atoms with Crippen LogP contribution in [0.2, 0.25) is 0 Å². The SMILES string of the molecule is CCCCCNc1c([N+](=O)[O-])csc1C(=O)O. The lowest BCUT2D eigenvalue weighted by Crippen LogP contribution is -2.06. The smallest absolute Gasteiger partial charge is 0.348 e. The molecule has 94 valence electrons. The molecule has 0 atom stereocenters. The van der Waals surface area contributed by atoms with Crippen molar-refractivity contribution in [3.05, 3.63) is 20.4 Å². The molecule has 1 aromatic rings. The van der Waals surface area contributed by atoms with Gasteiger partial charge in [-0.05, 0) is 6.42 Å². The van der Waals surface area contributed by atoms with Gasteiger partial charge >= 0.3 is 11.7 Å². The Morgan fingerprint density at radius 1 is 1.59 bits per heavy atom. The number of unbranched alkanes of at least 4 members (excludes halogenated alkanes) is 2. The van der Waals surface area contributed by atoms with Crippen molar-refractivity contribution in [2.45, 2.75) is 26.2 Å². The molecule has 2 N–H and O–H groups in total. The molecule has 0 aromatic carbocycles. The van der Waals surface area contributed by atoms with Gasteiger partial charge in [-0.15, -0.1) is 11.3 Å². The van der Waals surface area contributed by atoms with Crippen molar-refractivity contribution in [2.75, 3.05) is 11.9 Å². The Bertz CT molecular complexity index is 385. The van der Waals surface area contributed by atoms with E-state index in [2.05, 4.69) is 12.2 Å². The molecule has 1 rings (SSSR count). The fourth-order valence-electron chi connectivity index (χ4n) is 1.40. The van der Waals surface area contributed by atoms with E-state index in [0.717, 1.165) is 30.6 Å². The first-order valence-corrected chi connectivity index (χ1v) is 6.19. The minimum absolute atomic E-state index is 0.00630. The van der Waals surface area contributed by atoms with E-state index in [-0.39, 0.29) is 16.3 Å². The number of anilines is 1. The summed E-state index contributed by atoms with van der Waals surface area (Å²) in [6.07, 6.45) is 2.91. The zero-order chi connectivity index (χ0) is 12.8. The van der Waals surface area contributed by atoms with Gasteiger partial charge in [0, 0.05) is 6.54 Å². The molecule has 0 aliphatic carbocycles. The first-order chi connectivity index (χ1) is 8.07. The normalized spacial score (nSPS) is 10.2. The summed E-state index contributed by atoms with van der Waals surface area (Å²) in [6.45, 7) is 2.60. The molecule has 0 bridgehead atoms. The summed E-state index contributed by atoms with van der Waals surface area (Å²) >= 11 is 0.873. The monoisotopic (exact) mass is 258 g/mol. The maximum atomic E-state index is 10.9. The summed E-state index contributed by atoms with van der Waals surface area (Å²) in [4.78, 5) is 21.0. The summed E-state index contributed by atoms with van der Waals surface area (Å²) in [5, 5.41) is 23.7. The lowest BCUT2D eigenvalue weighted by atomic mass is 10.2. The topological polar surface area (TPSA) is 92.5 Å². The van der Waals surface area contributed by atoms with Gasteiger partial charge < -0.3 is 10.4 Å². The number of aromatic carboxylic acids is 1. The second-order valence-corrected chi connectivity index (χ2v) is 4.40. The highest BCUT2D eigenvalue weighted by atomic mass is 32.1. The number of nitro groups is 1. The van der Waals surface area contributed by atoms with Crippen molar-refractivity contribution in [3.8, 4) is 0 Å². The lowest BCUT2D eigenvalue weighted by Gasteiger charge is -2.04. The van der Waals surface area contributed by atoms with E-state index in [0.29, 0.717) is 6.54 Å². The molecule has 0 spiro atoms. The van der Waals surface area contributed by atoms with Crippen molar-refractivity contribution in [1.82, 2.24) is 0 Å². The van der Waals surface area contributed by atoms with Crippen LogP contribution in [-0.4, -0.2) is 22.5 Å². The van der Waals surface area contributed by atoms with Gasteiger partial charge in [-0.1, -0.05) is 19.8 Å². The number of hydrogen-bond acceptors (Lipinski definition) is 5. The van der Waals surface area contributed by atoms with Crippen molar-refractivity contribution in [2.24, 2.45) is 0 Å². The summed E-state index contributed by atoms with van der Waals surface area (Å²) < 4.78 is 0. The number of nitrogens with zero attached hydrogens (tertiary/aromatic N) is 1. The Labute approximate surface area is 102 Å². The van der Waals surface area contributed by atoms with Crippen LogP contribution in [0, 0.1) is 10.1 Å². The molecule has 1 heterocycles. The van der Waals surface area contributed by atoms with Gasteiger partial charge in [-0.25, -0.2) is 4.79 Å². The standard InChI is InChI=1S/C10H14N2O4S/c1-2-3-4-5-11-8-7(12(15)16)6-17-9(8)10(13)14/h6,11H,2-5H2,1H3,(H,13,14). The molecule has 7 heteroatoms. The van der Waals surface area contributed by atoms with E-state index in [1.807, 2.05) is 0 Å². The maximum absolute atomic E-state index is 10.9. The number of rotatable bonds is 7. The average molecular weight is 258 g/mol. The zero-order valence-electron chi connectivity index (χ0n) is 9.43. The molecule has 0 unspecified atom stereocenters. The van der Waals surface area contributed by atoms with Crippen molar-refractivity contribution in [1.29, 1.82) is 0 Å². The van der Waals surface area contributed by atoms with Crippen molar-refractivity contribution >= 4 is 28.7 Å². The van der Waals surface area contributed by atoms with Crippen molar-refractivity contribution in [3.63, 3.8) is 0 Å². The first-order valence-electron chi connectivity index (χ1n) is 5.31. The predicted octanol–water partition coefficient (Wildman–Crippen LogP) is 2.96. The number of thiophene rings is 1. The van der Waals surface area contributed by atoms with Crippen LogP contribution in [-0.2, 0) is 0 Å². The molecule has 0 saturated heterocycles. The van der Waals surface area contributed by atoms with Crippen LogP contribution in [0.15, 0.2) is 5.38 Å². The fraction of sp³-hybridized carbons (Fsp3) is 0.500. The minimum atomic E-state index is -1.14. The number of carbonyl (C=O) groups is 1. The first kappa shape index (κ1) is 13.4. The van der Waals surface area contributed by atoms with Crippen LogP contribution >= 0.6 is 11.3 Å². The van der Waals surface area contributed by atoms with E-state index in [9.17, 15) is 14.9 Å². The molecule has 0 radical (unpaired) electrons. The van der Waals surface area contributed by atoms with E-state index < -0.39 is 10.9 Å². The second-order valence-electron chi connectivity index (χ2n) is 3.52. The highest BCUT2D eigenvalue weighted by Gasteiger charge is 2.24. The highest BCUT2D eigenvalue weighted by Crippen LogP contribution is 2.34. The van der Waals surface area contributed by atoms with Crippen LogP contribution in [0.1, 0.15) is 35.9 Å². The second kappa shape index (κ2) is 6.19. The van der Waals surface area contributed by atoms with Crippen LogP contribution in [0.3, 0.4) is 0 Å². The number of carboxylic acid groups (broad SMARTS) is 1. The van der Waals surface area contributed by atoms with E-state index in [4.69, 9.17) is 5.11 Å². The molecule has 0 aliphatic rings. The molecule has 6 nitrogen and oxygen atoms in total. The van der Waals surface area contributed by atoms with E-state index in [1.165, 1.54) is 5.38 Å². The molecular weight excluding hydrogens is 244 g/mol. The lowest BCUT2D eigenvalue weighted by molar-refractivity contribution is -0.383. The van der Waals surface area contributed by atoms with E-state index >= 15 is 0 Å². The molecule has 0 fully saturated rings. The average Bonchev–Trinajstić information content (AvgIpc) is 2.68. The van der Waals surface area contributed by atoms with Gasteiger partial charge in [0.1, 0.15) is 10.6 Å². The Hall–Kier alpha value is -1.63. The fourth-order valence-corrected chi connectivity index (χ4v) is 2.23. The van der Waals surface area contributed by atoms with E-state index in [1.54, 1.807) is 0 Å². The maximum Gasteiger partial charge on any atom is 0.348 e. The molecule has 0 aliphatic heterocycles. The van der Waals surface area contributed by atoms with Gasteiger partial charge in [0.15, 0.2) is 0 Å². The third kappa shape index (κ3) is 3.42. The van der Waals surface area contributed by atoms with Gasteiger partial charge in [-0.3, -0.25) is 10.1 Å². The highest BCUT2D eigenvalue weighted by molar-refractivity contribution is 7.13. The molecule has 0 saturated carbocycles. The quantitative estimate of drug-likeness (QED) is 0.445. The van der Waals surface area contributed by atoms with Crippen LogP contribution < -0.4 is 5.32 Å². The molecular formula is C10H14N2O4S. The van der Waals surface area contributed by atoms with Crippen LogP contribution in [0.4, 0.5) is 11.4 Å². The Kier molecular flexibility index (Phi) is 4.89. The van der Waals surface area contributed by atoms with Gasteiger partial charge in [0.25, 0.3) is 0 Å². The van der Waals surface area contributed by atoms with Gasteiger partial charge in [0.2, 0.25) is 0 Å². The largest absolute Gasteiger partial charge is 0.477 e. The molecule has 0 amide bonds. The Morgan fingerprint density at radius 2 is 2.29 bits per heavy atom. The number of hydrogen-bond donors (Lipinski definition) is 2. The third-order valence-electron chi connectivity index (χ3n) is 2.24. The van der Waals surface area contributed by atoms with Crippen LogP contribution in [0.25, 0.3) is 0 Å². The minimum Gasteiger partial charge on any atom is -0.477 e. The van der Waals surface area contributed by atoms with Crippen LogP contribution in [0.5, 0.6) is 0 Å². The molecule has 1 aromatic heterocycles.